The number of halogens is 3. The number of alkyl halides is 3. The quantitative estimate of drug-likeness (QED) is 0.846. The molecule has 9 heteroatoms. The number of ether oxygens (including phenoxy) is 1. The molecular formula is C13H14F3N3O3. The molecule has 1 aliphatic heterocycles. The molecule has 0 spiro atoms. The molecule has 1 fully saturated rings. The SMILES string of the molecule is O=C1CCC(C(=O)NCc2cccnc2OCC(F)(F)F)N1. The van der Waals surface area contributed by atoms with E-state index < -0.39 is 24.7 Å². The van der Waals surface area contributed by atoms with Gasteiger partial charge in [-0.25, -0.2) is 4.98 Å². The van der Waals surface area contributed by atoms with Crippen LogP contribution >= 0.6 is 0 Å². The van der Waals surface area contributed by atoms with E-state index >= 15 is 0 Å². The molecular weight excluding hydrogens is 303 g/mol. The van der Waals surface area contributed by atoms with Gasteiger partial charge >= 0.3 is 6.18 Å². The summed E-state index contributed by atoms with van der Waals surface area (Å²) in [5.74, 6) is -0.775. The van der Waals surface area contributed by atoms with Crippen LogP contribution in [0.25, 0.3) is 0 Å². The molecule has 1 atom stereocenters. The number of hydrogen-bond donors (Lipinski definition) is 2. The van der Waals surface area contributed by atoms with Crippen molar-refractivity contribution in [3.8, 4) is 5.88 Å². The van der Waals surface area contributed by atoms with Gasteiger partial charge in [-0.2, -0.15) is 13.2 Å². The Kier molecular flexibility index (Phi) is 4.84. The van der Waals surface area contributed by atoms with Crippen LogP contribution in [0, 0.1) is 0 Å². The van der Waals surface area contributed by atoms with Gasteiger partial charge in [-0.05, 0) is 12.5 Å². The second kappa shape index (κ2) is 6.63. The summed E-state index contributed by atoms with van der Waals surface area (Å²) in [7, 11) is 0. The molecule has 0 radical (unpaired) electrons. The lowest BCUT2D eigenvalue weighted by Gasteiger charge is -2.14. The van der Waals surface area contributed by atoms with Gasteiger partial charge in [0.2, 0.25) is 17.7 Å². The smallest absolute Gasteiger partial charge is 0.422 e. The Hall–Kier alpha value is -2.32. The van der Waals surface area contributed by atoms with E-state index in [4.69, 9.17) is 0 Å². The van der Waals surface area contributed by atoms with E-state index in [0.29, 0.717) is 12.0 Å². The van der Waals surface area contributed by atoms with Gasteiger partial charge in [0.25, 0.3) is 0 Å². The zero-order valence-electron chi connectivity index (χ0n) is 11.4. The standard InChI is InChI=1S/C13H14F3N3O3/c14-13(15,16)7-22-12-8(2-1-5-17-12)6-18-11(21)9-3-4-10(20)19-9/h1-2,5,9H,3-4,6-7H2,(H,18,21)(H,19,20). The monoisotopic (exact) mass is 317 g/mol. The molecule has 2 N–H and O–H groups in total. The van der Waals surface area contributed by atoms with Crippen molar-refractivity contribution in [2.75, 3.05) is 6.61 Å². The van der Waals surface area contributed by atoms with Crippen molar-refractivity contribution in [3.05, 3.63) is 23.9 Å². The van der Waals surface area contributed by atoms with Gasteiger partial charge in [-0.3, -0.25) is 9.59 Å². The van der Waals surface area contributed by atoms with Crippen molar-refractivity contribution < 1.29 is 27.5 Å². The van der Waals surface area contributed by atoms with Crippen LogP contribution in [0.1, 0.15) is 18.4 Å². The maximum atomic E-state index is 12.2. The Morgan fingerprint density at radius 2 is 2.27 bits per heavy atom. The molecule has 6 nitrogen and oxygen atoms in total. The van der Waals surface area contributed by atoms with Crippen molar-refractivity contribution in [1.82, 2.24) is 15.6 Å². The molecule has 1 aromatic heterocycles. The summed E-state index contributed by atoms with van der Waals surface area (Å²) in [4.78, 5) is 26.6. The van der Waals surface area contributed by atoms with E-state index in [2.05, 4.69) is 20.4 Å². The first-order valence-electron chi connectivity index (χ1n) is 6.55. The zero-order chi connectivity index (χ0) is 16.2. The molecule has 1 aliphatic rings. The van der Waals surface area contributed by atoms with E-state index in [-0.39, 0.29) is 24.8 Å². The van der Waals surface area contributed by atoms with E-state index in [1.165, 1.54) is 18.3 Å². The number of aromatic nitrogens is 1. The van der Waals surface area contributed by atoms with Gasteiger partial charge in [0.1, 0.15) is 6.04 Å². The summed E-state index contributed by atoms with van der Waals surface area (Å²) in [6.45, 7) is -1.49. The van der Waals surface area contributed by atoms with Crippen molar-refractivity contribution in [2.45, 2.75) is 31.6 Å². The van der Waals surface area contributed by atoms with Crippen molar-refractivity contribution in [1.29, 1.82) is 0 Å². The highest BCUT2D eigenvalue weighted by Gasteiger charge is 2.29. The number of hydrogen-bond acceptors (Lipinski definition) is 4. The summed E-state index contributed by atoms with van der Waals surface area (Å²) in [6, 6.07) is 2.43. The van der Waals surface area contributed by atoms with Crippen LogP contribution in [0.3, 0.4) is 0 Å². The van der Waals surface area contributed by atoms with Gasteiger partial charge < -0.3 is 15.4 Å². The maximum Gasteiger partial charge on any atom is 0.422 e. The topological polar surface area (TPSA) is 80.3 Å². The Balaban J connectivity index is 1.92. The first-order valence-corrected chi connectivity index (χ1v) is 6.55. The number of nitrogens with zero attached hydrogens (tertiary/aromatic N) is 1. The Morgan fingerprint density at radius 3 is 2.91 bits per heavy atom. The van der Waals surface area contributed by atoms with Gasteiger partial charge in [0.05, 0.1) is 0 Å². The first kappa shape index (κ1) is 16.1. The van der Waals surface area contributed by atoms with Crippen molar-refractivity contribution in [3.63, 3.8) is 0 Å². The molecule has 0 saturated carbocycles. The molecule has 1 unspecified atom stereocenters. The van der Waals surface area contributed by atoms with Crippen LogP contribution in [0.4, 0.5) is 13.2 Å². The molecule has 1 aromatic rings. The molecule has 22 heavy (non-hydrogen) atoms. The summed E-state index contributed by atoms with van der Waals surface area (Å²) in [5, 5.41) is 5.05. The fourth-order valence-corrected chi connectivity index (χ4v) is 1.96. The predicted molar refractivity (Wildman–Crippen MR) is 68.8 cm³/mol. The van der Waals surface area contributed by atoms with Gasteiger partial charge in [-0.1, -0.05) is 6.07 Å². The van der Waals surface area contributed by atoms with E-state index in [0.717, 1.165) is 0 Å². The number of amides is 2. The van der Waals surface area contributed by atoms with Gasteiger partial charge in [0.15, 0.2) is 6.61 Å². The first-order chi connectivity index (χ1) is 10.3. The van der Waals surface area contributed by atoms with Crippen LogP contribution in [0.15, 0.2) is 18.3 Å². The Morgan fingerprint density at radius 1 is 1.50 bits per heavy atom. The molecule has 120 valence electrons. The van der Waals surface area contributed by atoms with E-state index in [1.807, 2.05) is 0 Å². The third-order valence-electron chi connectivity index (χ3n) is 2.99. The summed E-state index contributed by atoms with van der Waals surface area (Å²) >= 11 is 0. The highest BCUT2D eigenvalue weighted by molar-refractivity contribution is 5.90. The third kappa shape index (κ3) is 4.61. The minimum atomic E-state index is -4.47. The third-order valence-corrected chi connectivity index (χ3v) is 2.99. The summed E-state index contributed by atoms with van der Waals surface area (Å²) in [5.41, 5.74) is 0.324. The maximum absolute atomic E-state index is 12.2. The molecule has 2 heterocycles. The number of carbonyl (C=O) groups excluding carboxylic acids is 2. The lowest BCUT2D eigenvalue weighted by molar-refractivity contribution is -0.154. The van der Waals surface area contributed by atoms with Crippen LogP contribution in [0.5, 0.6) is 5.88 Å². The van der Waals surface area contributed by atoms with Crippen molar-refractivity contribution in [2.24, 2.45) is 0 Å². The highest BCUT2D eigenvalue weighted by atomic mass is 19.4. The fraction of sp³-hybridized carbons (Fsp3) is 0.462. The second-order valence-corrected chi connectivity index (χ2v) is 4.75. The van der Waals surface area contributed by atoms with Crippen molar-refractivity contribution >= 4 is 11.8 Å². The molecule has 0 bridgehead atoms. The average molecular weight is 317 g/mol. The largest absolute Gasteiger partial charge is 0.468 e. The summed E-state index contributed by atoms with van der Waals surface area (Å²) in [6.07, 6.45) is -2.49. The average Bonchev–Trinajstić information content (AvgIpc) is 2.89. The number of pyridine rings is 1. The normalized spacial score (nSPS) is 18.0. The predicted octanol–water partition coefficient (Wildman–Crippen LogP) is 0.917. The second-order valence-electron chi connectivity index (χ2n) is 4.75. The minimum Gasteiger partial charge on any atom is -0.468 e. The minimum absolute atomic E-state index is 0.0355. The van der Waals surface area contributed by atoms with E-state index in [1.54, 1.807) is 0 Å². The lowest BCUT2D eigenvalue weighted by atomic mass is 10.2. The lowest BCUT2D eigenvalue weighted by Crippen LogP contribution is -2.41. The van der Waals surface area contributed by atoms with Crippen LogP contribution in [-0.2, 0) is 16.1 Å². The molecule has 2 rings (SSSR count). The molecule has 0 aliphatic carbocycles. The molecule has 0 aromatic carbocycles. The van der Waals surface area contributed by atoms with E-state index in [9.17, 15) is 22.8 Å². The fourth-order valence-electron chi connectivity index (χ4n) is 1.96. The number of nitrogens with one attached hydrogen (secondary N) is 2. The molecule has 1 saturated heterocycles. The molecule has 2 amide bonds. The zero-order valence-corrected chi connectivity index (χ0v) is 11.4. The van der Waals surface area contributed by atoms with Crippen LogP contribution < -0.4 is 15.4 Å². The Labute approximate surface area is 124 Å². The van der Waals surface area contributed by atoms with Crippen LogP contribution in [-0.4, -0.2) is 35.6 Å². The number of carbonyl (C=O) groups is 2. The van der Waals surface area contributed by atoms with Gasteiger partial charge in [-0.15, -0.1) is 0 Å². The highest BCUT2D eigenvalue weighted by Crippen LogP contribution is 2.20. The Bertz CT molecular complexity index is 563. The van der Waals surface area contributed by atoms with Gasteiger partial charge in [0, 0.05) is 24.7 Å². The summed E-state index contributed by atoms with van der Waals surface area (Å²) < 4.78 is 41.1. The number of rotatable bonds is 5. The van der Waals surface area contributed by atoms with Crippen LogP contribution in [0.2, 0.25) is 0 Å².